The molecule has 2 heteroatoms. The van der Waals surface area contributed by atoms with E-state index in [1.807, 2.05) is 0 Å². The summed E-state index contributed by atoms with van der Waals surface area (Å²) < 4.78 is 5.59. The van der Waals surface area contributed by atoms with Crippen molar-refractivity contribution in [1.82, 2.24) is 5.32 Å². The predicted molar refractivity (Wildman–Crippen MR) is 77.0 cm³/mol. The zero-order valence-corrected chi connectivity index (χ0v) is 12.2. The fraction of sp³-hybridized carbons (Fsp3) is 1.00. The largest absolute Gasteiger partial charge is 0.381 e. The molecule has 0 spiro atoms. The number of rotatable bonds is 4. The molecule has 19 heavy (non-hydrogen) atoms. The SMILES string of the molecule is C1COCC(CNCC23CC4CC(CC(C4)C2)C3)C1. The summed E-state index contributed by atoms with van der Waals surface area (Å²) in [6.07, 6.45) is 11.9. The van der Waals surface area contributed by atoms with E-state index in [9.17, 15) is 0 Å². The monoisotopic (exact) mass is 263 g/mol. The molecule has 0 aromatic rings. The Hall–Kier alpha value is -0.0800. The number of nitrogens with one attached hydrogen (secondary N) is 1. The fourth-order valence-electron chi connectivity index (χ4n) is 6.02. The van der Waals surface area contributed by atoms with E-state index in [0.29, 0.717) is 5.41 Å². The third kappa shape index (κ3) is 2.58. The van der Waals surface area contributed by atoms with Gasteiger partial charge in [0.25, 0.3) is 0 Å². The molecule has 108 valence electrons. The molecular formula is C17H29NO. The van der Waals surface area contributed by atoms with Gasteiger partial charge < -0.3 is 10.1 Å². The summed E-state index contributed by atoms with van der Waals surface area (Å²) in [7, 11) is 0. The fourth-order valence-corrected chi connectivity index (χ4v) is 6.02. The quantitative estimate of drug-likeness (QED) is 0.841. The molecule has 4 aliphatic carbocycles. The average Bonchev–Trinajstić information content (AvgIpc) is 2.38. The Morgan fingerprint density at radius 3 is 2.26 bits per heavy atom. The Bertz CT molecular complexity index is 286. The highest BCUT2D eigenvalue weighted by Gasteiger charge is 2.50. The molecule has 1 N–H and O–H groups in total. The van der Waals surface area contributed by atoms with Gasteiger partial charge in [0.15, 0.2) is 0 Å². The van der Waals surface area contributed by atoms with Gasteiger partial charge in [0.05, 0.1) is 6.61 Å². The van der Waals surface area contributed by atoms with E-state index in [1.54, 1.807) is 19.3 Å². The molecule has 1 atom stereocenters. The number of ether oxygens (including phenoxy) is 1. The Morgan fingerprint density at radius 1 is 1.00 bits per heavy atom. The van der Waals surface area contributed by atoms with Crippen molar-refractivity contribution in [3.63, 3.8) is 0 Å². The molecule has 0 amide bonds. The molecule has 4 saturated carbocycles. The summed E-state index contributed by atoms with van der Waals surface area (Å²) in [5.41, 5.74) is 0.699. The lowest BCUT2D eigenvalue weighted by Gasteiger charge is -2.57. The van der Waals surface area contributed by atoms with Crippen molar-refractivity contribution in [2.75, 3.05) is 26.3 Å². The minimum absolute atomic E-state index is 0.699. The molecule has 5 aliphatic rings. The molecule has 5 rings (SSSR count). The van der Waals surface area contributed by atoms with Crippen LogP contribution in [0.25, 0.3) is 0 Å². The maximum Gasteiger partial charge on any atom is 0.0506 e. The van der Waals surface area contributed by atoms with Crippen molar-refractivity contribution < 1.29 is 4.74 Å². The topological polar surface area (TPSA) is 21.3 Å². The molecule has 2 nitrogen and oxygen atoms in total. The predicted octanol–water partition coefficient (Wildman–Crippen LogP) is 3.22. The van der Waals surface area contributed by atoms with E-state index < -0.39 is 0 Å². The first-order chi connectivity index (χ1) is 9.31. The third-order valence-electron chi connectivity index (χ3n) is 6.35. The maximum absolute atomic E-state index is 5.59. The Labute approximate surface area is 117 Å². The Morgan fingerprint density at radius 2 is 1.68 bits per heavy atom. The molecule has 1 saturated heterocycles. The number of hydrogen-bond acceptors (Lipinski definition) is 2. The summed E-state index contributed by atoms with van der Waals surface area (Å²) in [6.45, 7) is 4.48. The summed E-state index contributed by atoms with van der Waals surface area (Å²) >= 11 is 0. The lowest BCUT2D eigenvalue weighted by atomic mass is 9.49. The average molecular weight is 263 g/mol. The van der Waals surface area contributed by atoms with Crippen LogP contribution < -0.4 is 5.32 Å². The van der Waals surface area contributed by atoms with Crippen LogP contribution in [0.15, 0.2) is 0 Å². The second kappa shape index (κ2) is 5.04. The van der Waals surface area contributed by atoms with Gasteiger partial charge in [0.2, 0.25) is 0 Å². The van der Waals surface area contributed by atoms with Crippen LogP contribution in [0.1, 0.15) is 51.4 Å². The zero-order chi connectivity index (χ0) is 12.7. The van der Waals surface area contributed by atoms with Crippen LogP contribution in [-0.2, 0) is 4.74 Å². The molecule has 1 aliphatic heterocycles. The first-order valence-electron chi connectivity index (χ1n) is 8.60. The van der Waals surface area contributed by atoms with Gasteiger partial charge in [-0.3, -0.25) is 0 Å². The highest BCUT2D eigenvalue weighted by molar-refractivity contribution is 5.02. The van der Waals surface area contributed by atoms with E-state index >= 15 is 0 Å². The Kier molecular flexibility index (Phi) is 3.35. The molecule has 1 heterocycles. The summed E-state index contributed by atoms with van der Waals surface area (Å²) in [5.74, 6) is 4.05. The first-order valence-corrected chi connectivity index (χ1v) is 8.60. The lowest BCUT2D eigenvalue weighted by molar-refractivity contribution is -0.0523. The van der Waals surface area contributed by atoms with Crippen LogP contribution in [0.4, 0.5) is 0 Å². The summed E-state index contributed by atoms with van der Waals surface area (Å²) in [6, 6.07) is 0. The zero-order valence-electron chi connectivity index (χ0n) is 12.2. The van der Waals surface area contributed by atoms with Gasteiger partial charge in [-0.2, -0.15) is 0 Å². The second-order valence-corrected chi connectivity index (χ2v) is 8.13. The highest BCUT2D eigenvalue weighted by atomic mass is 16.5. The highest BCUT2D eigenvalue weighted by Crippen LogP contribution is 2.59. The van der Waals surface area contributed by atoms with Crippen LogP contribution in [0, 0.1) is 29.1 Å². The standard InChI is InChI=1S/C17H29NO/c1-2-13(11-19-3-1)10-18-12-17-7-14-4-15(8-17)6-16(5-14)9-17/h13-16,18H,1-12H2. The van der Waals surface area contributed by atoms with Crippen molar-refractivity contribution in [3.8, 4) is 0 Å². The third-order valence-corrected chi connectivity index (χ3v) is 6.35. The molecule has 0 aromatic carbocycles. The van der Waals surface area contributed by atoms with Gasteiger partial charge in [-0.25, -0.2) is 0 Å². The minimum Gasteiger partial charge on any atom is -0.381 e. The van der Waals surface area contributed by atoms with E-state index in [1.165, 1.54) is 45.2 Å². The van der Waals surface area contributed by atoms with E-state index in [2.05, 4.69) is 5.32 Å². The van der Waals surface area contributed by atoms with Gasteiger partial charge in [-0.1, -0.05) is 0 Å². The molecule has 4 bridgehead atoms. The van der Waals surface area contributed by atoms with Gasteiger partial charge in [-0.05, 0) is 80.5 Å². The Balaban J connectivity index is 1.30. The van der Waals surface area contributed by atoms with Crippen LogP contribution >= 0.6 is 0 Å². The molecule has 1 unspecified atom stereocenters. The van der Waals surface area contributed by atoms with Crippen molar-refractivity contribution in [2.24, 2.45) is 29.1 Å². The normalized spacial score (nSPS) is 48.6. The summed E-state index contributed by atoms with van der Waals surface area (Å²) in [5, 5.41) is 3.83. The lowest BCUT2D eigenvalue weighted by Crippen LogP contribution is -2.51. The van der Waals surface area contributed by atoms with Crippen molar-refractivity contribution in [3.05, 3.63) is 0 Å². The van der Waals surface area contributed by atoms with Gasteiger partial charge in [0.1, 0.15) is 0 Å². The van der Waals surface area contributed by atoms with Crippen LogP contribution in [0.2, 0.25) is 0 Å². The van der Waals surface area contributed by atoms with Gasteiger partial charge in [0, 0.05) is 19.7 Å². The van der Waals surface area contributed by atoms with E-state index in [0.717, 1.165) is 36.9 Å². The van der Waals surface area contributed by atoms with Gasteiger partial charge >= 0.3 is 0 Å². The van der Waals surface area contributed by atoms with Gasteiger partial charge in [-0.15, -0.1) is 0 Å². The second-order valence-electron chi connectivity index (χ2n) is 8.13. The molecule has 0 radical (unpaired) electrons. The number of hydrogen-bond donors (Lipinski definition) is 1. The maximum atomic E-state index is 5.59. The first kappa shape index (κ1) is 12.6. The molecule has 0 aromatic heterocycles. The van der Waals surface area contributed by atoms with Crippen LogP contribution in [0.5, 0.6) is 0 Å². The van der Waals surface area contributed by atoms with E-state index in [4.69, 9.17) is 4.74 Å². The molecule has 5 fully saturated rings. The molecular weight excluding hydrogens is 234 g/mol. The smallest absolute Gasteiger partial charge is 0.0506 e. The minimum atomic E-state index is 0.699. The van der Waals surface area contributed by atoms with Crippen molar-refractivity contribution in [2.45, 2.75) is 51.4 Å². The van der Waals surface area contributed by atoms with Crippen molar-refractivity contribution >= 4 is 0 Å². The van der Waals surface area contributed by atoms with Crippen LogP contribution in [-0.4, -0.2) is 26.3 Å². The van der Waals surface area contributed by atoms with Crippen LogP contribution in [0.3, 0.4) is 0 Å². The summed E-state index contributed by atoms with van der Waals surface area (Å²) in [4.78, 5) is 0. The van der Waals surface area contributed by atoms with Crippen molar-refractivity contribution in [1.29, 1.82) is 0 Å². The van der Waals surface area contributed by atoms with E-state index in [-0.39, 0.29) is 0 Å².